The van der Waals surface area contributed by atoms with Crippen molar-refractivity contribution >= 4 is 15.7 Å². The minimum Gasteiger partial charge on any atom is -0.379 e. The standard InChI is InChI=1S/C21H28FN3O3S/c1-16-14-19(8-9-20(16)22)29(26,27)23-15-21(25-10-12-28-13-11-25)17-4-6-18(7-5-17)24(2)3/h4-9,14,21,23H,10-13,15H2,1-3H3/t21-/m0/s1. The second-order valence-corrected chi connectivity index (χ2v) is 9.18. The number of morpholine rings is 1. The molecule has 0 saturated carbocycles. The van der Waals surface area contributed by atoms with Gasteiger partial charge in [-0.05, 0) is 48.4 Å². The van der Waals surface area contributed by atoms with E-state index in [1.54, 1.807) is 6.92 Å². The van der Waals surface area contributed by atoms with Crippen molar-refractivity contribution in [2.24, 2.45) is 0 Å². The third-order valence-corrected chi connectivity index (χ3v) is 6.61. The second-order valence-electron chi connectivity index (χ2n) is 7.41. The van der Waals surface area contributed by atoms with Crippen molar-refractivity contribution in [2.45, 2.75) is 17.9 Å². The van der Waals surface area contributed by atoms with Gasteiger partial charge in [0.2, 0.25) is 10.0 Å². The van der Waals surface area contributed by atoms with Crippen LogP contribution in [0.2, 0.25) is 0 Å². The Labute approximate surface area is 172 Å². The zero-order valence-electron chi connectivity index (χ0n) is 17.1. The second kappa shape index (κ2) is 9.21. The third kappa shape index (κ3) is 5.33. The molecule has 1 heterocycles. The van der Waals surface area contributed by atoms with Gasteiger partial charge in [-0.25, -0.2) is 17.5 Å². The van der Waals surface area contributed by atoms with E-state index in [-0.39, 0.29) is 17.5 Å². The number of sulfonamides is 1. The zero-order chi connectivity index (χ0) is 21.0. The fourth-order valence-electron chi connectivity index (χ4n) is 3.40. The summed E-state index contributed by atoms with van der Waals surface area (Å²) >= 11 is 0. The van der Waals surface area contributed by atoms with E-state index in [2.05, 4.69) is 9.62 Å². The monoisotopic (exact) mass is 421 g/mol. The van der Waals surface area contributed by atoms with Gasteiger partial charge in [0.15, 0.2) is 0 Å². The van der Waals surface area contributed by atoms with Crippen LogP contribution in [0.25, 0.3) is 0 Å². The number of benzene rings is 2. The molecule has 1 N–H and O–H groups in total. The number of anilines is 1. The fourth-order valence-corrected chi connectivity index (χ4v) is 4.52. The molecule has 3 rings (SSSR count). The molecule has 158 valence electrons. The summed E-state index contributed by atoms with van der Waals surface area (Å²) in [5, 5.41) is 0. The average Bonchev–Trinajstić information content (AvgIpc) is 2.71. The summed E-state index contributed by atoms with van der Waals surface area (Å²) in [6, 6.07) is 11.8. The van der Waals surface area contributed by atoms with Gasteiger partial charge in [-0.1, -0.05) is 12.1 Å². The molecule has 0 aliphatic carbocycles. The lowest BCUT2D eigenvalue weighted by atomic mass is 10.0. The molecule has 1 aliphatic rings. The first-order chi connectivity index (χ1) is 13.8. The largest absolute Gasteiger partial charge is 0.379 e. The Morgan fingerprint density at radius 1 is 1.14 bits per heavy atom. The summed E-state index contributed by atoms with van der Waals surface area (Å²) < 4.78 is 47.2. The summed E-state index contributed by atoms with van der Waals surface area (Å²) in [6.07, 6.45) is 0. The van der Waals surface area contributed by atoms with E-state index in [1.807, 2.05) is 43.3 Å². The highest BCUT2D eigenvalue weighted by atomic mass is 32.2. The predicted octanol–water partition coefficient (Wildman–Crippen LogP) is 2.55. The van der Waals surface area contributed by atoms with Gasteiger partial charge in [0.05, 0.1) is 18.1 Å². The van der Waals surface area contributed by atoms with Crippen molar-refractivity contribution in [3.05, 3.63) is 59.4 Å². The first-order valence-corrected chi connectivity index (χ1v) is 11.1. The molecular formula is C21H28FN3O3S. The molecule has 29 heavy (non-hydrogen) atoms. The Morgan fingerprint density at radius 2 is 1.79 bits per heavy atom. The molecule has 0 radical (unpaired) electrons. The SMILES string of the molecule is Cc1cc(S(=O)(=O)NC[C@@H](c2ccc(N(C)C)cc2)N2CCOCC2)ccc1F. The van der Waals surface area contributed by atoms with E-state index in [0.29, 0.717) is 18.8 Å². The van der Waals surface area contributed by atoms with Crippen LogP contribution in [0.3, 0.4) is 0 Å². The average molecular weight is 422 g/mol. The number of halogens is 1. The van der Waals surface area contributed by atoms with Crippen molar-refractivity contribution < 1.29 is 17.5 Å². The maximum atomic E-state index is 13.5. The molecule has 0 amide bonds. The Balaban J connectivity index is 1.81. The van der Waals surface area contributed by atoms with Crippen LogP contribution in [0.4, 0.5) is 10.1 Å². The number of nitrogens with one attached hydrogen (secondary N) is 1. The van der Waals surface area contributed by atoms with Gasteiger partial charge in [-0.15, -0.1) is 0 Å². The molecule has 6 nitrogen and oxygen atoms in total. The molecule has 1 aliphatic heterocycles. The van der Waals surface area contributed by atoms with E-state index in [4.69, 9.17) is 4.74 Å². The Kier molecular flexibility index (Phi) is 6.89. The van der Waals surface area contributed by atoms with Crippen LogP contribution in [-0.4, -0.2) is 60.3 Å². The highest BCUT2D eigenvalue weighted by molar-refractivity contribution is 7.89. The lowest BCUT2D eigenvalue weighted by Gasteiger charge is -2.35. The Bertz CT molecular complexity index is 927. The van der Waals surface area contributed by atoms with Gasteiger partial charge in [0.1, 0.15) is 5.82 Å². The summed E-state index contributed by atoms with van der Waals surface area (Å²) in [5.74, 6) is -0.420. The number of rotatable bonds is 7. The van der Waals surface area contributed by atoms with Gasteiger partial charge >= 0.3 is 0 Å². The summed E-state index contributed by atoms with van der Waals surface area (Å²) in [7, 11) is 0.213. The van der Waals surface area contributed by atoms with Crippen LogP contribution >= 0.6 is 0 Å². The van der Waals surface area contributed by atoms with Gasteiger partial charge in [0.25, 0.3) is 0 Å². The molecule has 2 aromatic rings. The number of aryl methyl sites for hydroxylation is 1. The fraction of sp³-hybridized carbons (Fsp3) is 0.429. The van der Waals surface area contributed by atoms with Gasteiger partial charge in [-0.3, -0.25) is 4.90 Å². The van der Waals surface area contributed by atoms with E-state index >= 15 is 0 Å². The van der Waals surface area contributed by atoms with Crippen LogP contribution in [0.1, 0.15) is 17.2 Å². The normalized spacial score (nSPS) is 16.6. The molecule has 0 spiro atoms. The molecule has 0 aromatic heterocycles. The van der Waals surface area contributed by atoms with Crippen LogP contribution in [0.15, 0.2) is 47.4 Å². The van der Waals surface area contributed by atoms with E-state index in [0.717, 1.165) is 24.3 Å². The summed E-state index contributed by atoms with van der Waals surface area (Å²) in [4.78, 5) is 4.32. The molecule has 1 atom stereocenters. The van der Waals surface area contributed by atoms with Crippen LogP contribution in [0.5, 0.6) is 0 Å². The van der Waals surface area contributed by atoms with E-state index < -0.39 is 15.8 Å². The lowest BCUT2D eigenvalue weighted by Crippen LogP contribution is -2.43. The lowest BCUT2D eigenvalue weighted by molar-refractivity contribution is 0.0172. The molecule has 8 heteroatoms. The van der Waals surface area contributed by atoms with Crippen molar-refractivity contribution in [2.75, 3.05) is 51.8 Å². The first kappa shape index (κ1) is 21.7. The van der Waals surface area contributed by atoms with Gasteiger partial charge in [-0.2, -0.15) is 0 Å². The van der Waals surface area contributed by atoms with Crippen molar-refractivity contribution in [3.8, 4) is 0 Å². The molecule has 1 saturated heterocycles. The minimum absolute atomic E-state index is 0.0695. The molecule has 1 fully saturated rings. The molecule has 0 bridgehead atoms. The first-order valence-electron chi connectivity index (χ1n) is 9.63. The van der Waals surface area contributed by atoms with E-state index in [9.17, 15) is 12.8 Å². The number of hydrogen-bond donors (Lipinski definition) is 1. The molecule has 0 unspecified atom stereocenters. The van der Waals surface area contributed by atoms with Crippen molar-refractivity contribution in [1.29, 1.82) is 0 Å². The van der Waals surface area contributed by atoms with Crippen molar-refractivity contribution in [3.63, 3.8) is 0 Å². The smallest absolute Gasteiger partial charge is 0.240 e. The maximum Gasteiger partial charge on any atom is 0.240 e. The minimum atomic E-state index is -3.75. The molecular weight excluding hydrogens is 393 g/mol. The summed E-state index contributed by atoms with van der Waals surface area (Å²) in [5.41, 5.74) is 2.42. The number of hydrogen-bond acceptors (Lipinski definition) is 5. The Morgan fingerprint density at radius 3 is 2.38 bits per heavy atom. The van der Waals surface area contributed by atoms with Crippen LogP contribution < -0.4 is 9.62 Å². The Hall–Kier alpha value is -2.00. The maximum absolute atomic E-state index is 13.5. The number of nitrogens with zero attached hydrogens (tertiary/aromatic N) is 2. The van der Waals surface area contributed by atoms with E-state index in [1.165, 1.54) is 18.2 Å². The highest BCUT2D eigenvalue weighted by Gasteiger charge is 2.25. The predicted molar refractivity (Wildman–Crippen MR) is 112 cm³/mol. The van der Waals surface area contributed by atoms with Gasteiger partial charge < -0.3 is 9.64 Å². The summed E-state index contributed by atoms with van der Waals surface area (Å²) in [6.45, 7) is 4.48. The molecule has 2 aromatic carbocycles. The quantitative estimate of drug-likeness (QED) is 0.745. The number of ether oxygens (including phenoxy) is 1. The van der Waals surface area contributed by atoms with Gasteiger partial charge in [0, 0.05) is 45.5 Å². The topological polar surface area (TPSA) is 61.9 Å². The zero-order valence-corrected chi connectivity index (χ0v) is 17.9. The van der Waals surface area contributed by atoms with Crippen LogP contribution in [0, 0.1) is 12.7 Å². The van der Waals surface area contributed by atoms with Crippen LogP contribution in [-0.2, 0) is 14.8 Å². The van der Waals surface area contributed by atoms with Crippen molar-refractivity contribution in [1.82, 2.24) is 9.62 Å². The highest BCUT2D eigenvalue weighted by Crippen LogP contribution is 2.24. The third-order valence-electron chi connectivity index (χ3n) is 5.19.